The number of hydrazine groups is 1. The van der Waals surface area contributed by atoms with Gasteiger partial charge in [0.15, 0.2) is 11.5 Å². The van der Waals surface area contributed by atoms with Gasteiger partial charge in [-0.1, -0.05) is 12.6 Å². The first-order chi connectivity index (χ1) is 15.5. The van der Waals surface area contributed by atoms with Crippen molar-refractivity contribution in [2.75, 3.05) is 38.8 Å². The lowest BCUT2D eigenvalue weighted by atomic mass is 10.1. The normalized spacial score (nSPS) is 12.4. The molecular weight excluding hydrogens is 406 g/mol. The summed E-state index contributed by atoms with van der Waals surface area (Å²) in [6.07, 6.45) is 1.22. The maximum Gasteiger partial charge on any atom is 0.161 e. The first kappa shape index (κ1) is 23.5. The van der Waals surface area contributed by atoms with Gasteiger partial charge in [-0.2, -0.15) is 0 Å². The predicted octanol–water partition coefficient (Wildman–Crippen LogP) is 3.94. The summed E-state index contributed by atoms with van der Waals surface area (Å²) in [6.45, 7) is 9.80. The molecule has 2 aromatic rings. The molecule has 1 aliphatic rings. The van der Waals surface area contributed by atoms with Gasteiger partial charge in [-0.25, -0.2) is 5.84 Å². The standard InChI is InChI=1S/C25H33N3O4/c1-5-30-20-10-7-9-19(15-20)27-17(3)21-13-18-14-23(31-6-2)24(32-12-8-11-29)16-22(18)25(21)28(4)26/h7,9-10,14-16,27,29H,3,5-6,8,11-13,26H2,1-2,4H3. The summed E-state index contributed by atoms with van der Waals surface area (Å²) in [4.78, 5) is 0. The van der Waals surface area contributed by atoms with Crippen LogP contribution in [-0.2, 0) is 6.42 Å². The quantitative estimate of drug-likeness (QED) is 0.262. The maximum absolute atomic E-state index is 9.08. The Bertz CT molecular complexity index is 985. The molecule has 0 saturated heterocycles. The Morgan fingerprint density at radius 1 is 1.12 bits per heavy atom. The van der Waals surface area contributed by atoms with Crippen LogP contribution in [0.15, 0.2) is 54.2 Å². The molecule has 32 heavy (non-hydrogen) atoms. The third-order valence-corrected chi connectivity index (χ3v) is 5.09. The van der Waals surface area contributed by atoms with Gasteiger partial charge in [-0.05, 0) is 43.7 Å². The molecule has 7 nitrogen and oxygen atoms in total. The molecule has 3 rings (SSSR count). The Kier molecular flexibility index (Phi) is 8.03. The molecule has 0 amide bonds. The molecule has 0 aliphatic heterocycles. The fourth-order valence-electron chi connectivity index (χ4n) is 3.77. The Morgan fingerprint density at radius 3 is 2.56 bits per heavy atom. The van der Waals surface area contributed by atoms with E-state index < -0.39 is 0 Å². The molecule has 172 valence electrons. The van der Waals surface area contributed by atoms with Crippen LogP contribution in [0.3, 0.4) is 0 Å². The largest absolute Gasteiger partial charge is 0.494 e. The van der Waals surface area contributed by atoms with Crippen LogP contribution < -0.4 is 25.4 Å². The summed E-state index contributed by atoms with van der Waals surface area (Å²) in [5.74, 6) is 8.38. The van der Waals surface area contributed by atoms with Crippen LogP contribution in [0.1, 0.15) is 31.4 Å². The molecule has 0 heterocycles. The third-order valence-electron chi connectivity index (χ3n) is 5.09. The highest BCUT2D eigenvalue weighted by Crippen LogP contribution is 2.42. The summed E-state index contributed by atoms with van der Waals surface area (Å²) in [5.41, 5.74) is 5.62. The zero-order valence-corrected chi connectivity index (χ0v) is 19.1. The maximum atomic E-state index is 9.08. The molecule has 4 N–H and O–H groups in total. The zero-order chi connectivity index (χ0) is 23.1. The number of rotatable bonds is 12. The third kappa shape index (κ3) is 5.36. The molecule has 0 spiro atoms. The molecule has 0 radical (unpaired) electrons. The molecule has 2 aromatic carbocycles. The minimum atomic E-state index is 0.0751. The minimum Gasteiger partial charge on any atom is -0.494 e. The van der Waals surface area contributed by atoms with E-state index in [1.165, 1.54) is 0 Å². The van der Waals surface area contributed by atoms with Crippen molar-refractivity contribution in [3.05, 3.63) is 65.4 Å². The number of allylic oxidation sites excluding steroid dienone is 1. The topological polar surface area (TPSA) is 89.2 Å². The summed E-state index contributed by atoms with van der Waals surface area (Å²) < 4.78 is 17.3. The summed E-state index contributed by atoms with van der Waals surface area (Å²) in [7, 11) is 1.82. The van der Waals surface area contributed by atoms with Crippen LogP contribution in [0.2, 0.25) is 0 Å². The Morgan fingerprint density at radius 2 is 1.88 bits per heavy atom. The average Bonchev–Trinajstić information content (AvgIpc) is 3.13. The highest BCUT2D eigenvalue weighted by molar-refractivity contribution is 5.81. The Labute approximate surface area is 190 Å². The van der Waals surface area contributed by atoms with E-state index >= 15 is 0 Å². The number of nitrogens with zero attached hydrogens (tertiary/aromatic N) is 1. The second kappa shape index (κ2) is 10.9. The van der Waals surface area contributed by atoms with Crippen LogP contribution >= 0.6 is 0 Å². The minimum absolute atomic E-state index is 0.0751. The summed E-state index contributed by atoms with van der Waals surface area (Å²) in [5, 5.41) is 14.1. The Balaban J connectivity index is 1.91. The van der Waals surface area contributed by atoms with Crippen molar-refractivity contribution < 1.29 is 19.3 Å². The lowest BCUT2D eigenvalue weighted by molar-refractivity contribution is 0.225. The van der Waals surface area contributed by atoms with Crippen LogP contribution in [0, 0.1) is 0 Å². The lowest BCUT2D eigenvalue weighted by Crippen LogP contribution is -2.25. The van der Waals surface area contributed by atoms with Crippen molar-refractivity contribution in [1.29, 1.82) is 0 Å². The number of aliphatic hydroxyl groups excluding tert-OH is 1. The monoisotopic (exact) mass is 439 g/mol. The molecule has 1 aliphatic carbocycles. The van der Waals surface area contributed by atoms with E-state index in [4.69, 9.17) is 25.2 Å². The number of nitrogens with two attached hydrogens (primary N) is 1. The van der Waals surface area contributed by atoms with Gasteiger partial charge in [0.1, 0.15) is 5.75 Å². The Hall–Kier alpha value is -3.16. The zero-order valence-electron chi connectivity index (χ0n) is 19.1. The molecule has 0 bridgehead atoms. The van der Waals surface area contributed by atoms with Gasteiger partial charge in [-0.15, -0.1) is 0 Å². The van der Waals surface area contributed by atoms with Crippen LogP contribution in [0.4, 0.5) is 5.69 Å². The summed E-state index contributed by atoms with van der Waals surface area (Å²) >= 11 is 0. The van der Waals surface area contributed by atoms with Crippen LogP contribution in [0.25, 0.3) is 5.70 Å². The van der Waals surface area contributed by atoms with Crippen molar-refractivity contribution in [2.24, 2.45) is 5.84 Å². The second-order valence-electron chi connectivity index (χ2n) is 7.49. The van der Waals surface area contributed by atoms with Gasteiger partial charge >= 0.3 is 0 Å². The molecule has 0 atom stereocenters. The van der Waals surface area contributed by atoms with Gasteiger partial charge in [0.2, 0.25) is 0 Å². The number of nitrogens with one attached hydrogen (secondary N) is 1. The van der Waals surface area contributed by atoms with Gasteiger partial charge in [0, 0.05) is 55.1 Å². The SMILES string of the molecule is C=C(Nc1cccc(OCC)c1)C1=C(N(C)N)c2cc(OCCCO)c(OCC)cc2C1. The smallest absolute Gasteiger partial charge is 0.161 e. The lowest BCUT2D eigenvalue weighted by Gasteiger charge is -2.20. The molecular formula is C25H33N3O4. The van der Waals surface area contributed by atoms with E-state index in [9.17, 15) is 0 Å². The van der Waals surface area contributed by atoms with Crippen LogP contribution in [-0.4, -0.2) is 43.6 Å². The van der Waals surface area contributed by atoms with E-state index in [0.717, 1.165) is 39.5 Å². The number of aliphatic hydroxyl groups is 1. The predicted molar refractivity (Wildman–Crippen MR) is 128 cm³/mol. The van der Waals surface area contributed by atoms with Gasteiger partial charge < -0.3 is 29.6 Å². The fourth-order valence-corrected chi connectivity index (χ4v) is 3.77. The molecule has 0 aromatic heterocycles. The van der Waals surface area contributed by atoms with Gasteiger partial charge in [-0.3, -0.25) is 0 Å². The molecule has 0 unspecified atom stereocenters. The van der Waals surface area contributed by atoms with Gasteiger partial charge in [0.25, 0.3) is 0 Å². The number of fused-ring (bicyclic) bond motifs is 1. The molecule has 0 fully saturated rings. The van der Waals surface area contributed by atoms with E-state index in [0.29, 0.717) is 44.2 Å². The number of benzene rings is 2. The second-order valence-corrected chi connectivity index (χ2v) is 7.49. The van der Waals surface area contributed by atoms with Crippen molar-refractivity contribution in [1.82, 2.24) is 5.01 Å². The van der Waals surface area contributed by atoms with Crippen molar-refractivity contribution in [3.63, 3.8) is 0 Å². The van der Waals surface area contributed by atoms with E-state index in [-0.39, 0.29) is 6.61 Å². The van der Waals surface area contributed by atoms with Crippen molar-refractivity contribution >= 4 is 11.4 Å². The molecule has 0 saturated carbocycles. The highest BCUT2D eigenvalue weighted by Gasteiger charge is 2.28. The van der Waals surface area contributed by atoms with Crippen molar-refractivity contribution in [2.45, 2.75) is 26.7 Å². The number of hydrogen-bond donors (Lipinski definition) is 3. The van der Waals surface area contributed by atoms with E-state index in [1.54, 1.807) is 5.01 Å². The van der Waals surface area contributed by atoms with E-state index in [2.05, 4.69) is 11.9 Å². The number of hydrogen-bond acceptors (Lipinski definition) is 7. The van der Waals surface area contributed by atoms with Crippen molar-refractivity contribution in [3.8, 4) is 17.2 Å². The van der Waals surface area contributed by atoms with Crippen LogP contribution in [0.5, 0.6) is 17.2 Å². The highest BCUT2D eigenvalue weighted by atomic mass is 16.5. The summed E-state index contributed by atoms with van der Waals surface area (Å²) in [6, 6.07) is 11.8. The average molecular weight is 440 g/mol. The first-order valence-corrected chi connectivity index (χ1v) is 10.9. The fraction of sp³-hybridized carbons (Fsp3) is 0.360. The van der Waals surface area contributed by atoms with Gasteiger partial charge in [0.05, 0.1) is 25.5 Å². The number of ether oxygens (including phenoxy) is 3. The molecule has 7 heteroatoms. The van der Waals surface area contributed by atoms with E-state index in [1.807, 2.05) is 57.3 Å². The number of anilines is 1. The first-order valence-electron chi connectivity index (χ1n) is 10.9.